The average molecular weight is 397 g/mol. The lowest BCUT2D eigenvalue weighted by atomic mass is 10.0. The largest absolute Gasteiger partial charge is 0.493 e. The summed E-state index contributed by atoms with van der Waals surface area (Å²) in [4.78, 5) is 3.82. The van der Waals surface area contributed by atoms with Gasteiger partial charge in [0, 0.05) is 36.6 Å². The van der Waals surface area contributed by atoms with Gasteiger partial charge in [-0.1, -0.05) is 12.1 Å². The van der Waals surface area contributed by atoms with Crippen molar-refractivity contribution in [3.8, 4) is 11.5 Å². The van der Waals surface area contributed by atoms with Crippen molar-refractivity contribution in [3.63, 3.8) is 0 Å². The third-order valence-electron chi connectivity index (χ3n) is 4.11. The number of piperazine rings is 1. The molecule has 2 heterocycles. The molecule has 1 aliphatic heterocycles. The molecule has 0 saturated carbocycles. The van der Waals surface area contributed by atoms with E-state index < -0.39 is 0 Å². The van der Waals surface area contributed by atoms with Gasteiger partial charge in [-0.2, -0.15) is 0 Å². The zero-order valence-corrected chi connectivity index (χ0v) is 15.7. The Hall–Kier alpha value is -1.08. The van der Waals surface area contributed by atoms with Crippen LogP contribution in [-0.4, -0.2) is 45.3 Å². The molecule has 0 bridgehead atoms. The molecule has 1 atom stereocenters. The van der Waals surface area contributed by atoms with E-state index in [0.717, 1.165) is 47.0 Å². The molecule has 1 aromatic carbocycles. The van der Waals surface area contributed by atoms with Gasteiger partial charge in [-0.15, -0.1) is 11.3 Å². The predicted octanol–water partition coefficient (Wildman–Crippen LogP) is 3.52. The molecular weight excluding hydrogens is 376 g/mol. The fraction of sp³-hybridized carbons (Fsp3) is 0.412. The van der Waals surface area contributed by atoms with Gasteiger partial charge < -0.3 is 14.8 Å². The quantitative estimate of drug-likeness (QED) is 0.837. The molecule has 1 N–H and O–H groups in total. The summed E-state index contributed by atoms with van der Waals surface area (Å²) < 4.78 is 12.3. The molecule has 1 unspecified atom stereocenters. The first-order valence-electron chi connectivity index (χ1n) is 7.65. The van der Waals surface area contributed by atoms with Crippen LogP contribution in [0, 0.1) is 0 Å². The van der Waals surface area contributed by atoms with Crippen molar-refractivity contribution in [3.05, 3.63) is 44.6 Å². The van der Waals surface area contributed by atoms with E-state index >= 15 is 0 Å². The molecule has 6 heteroatoms. The molecule has 1 fully saturated rings. The lowest BCUT2D eigenvalue weighted by Crippen LogP contribution is -2.45. The zero-order valence-electron chi connectivity index (χ0n) is 13.3. The maximum atomic E-state index is 5.69. The summed E-state index contributed by atoms with van der Waals surface area (Å²) in [6.07, 6.45) is 0. The number of rotatable bonds is 5. The van der Waals surface area contributed by atoms with Gasteiger partial charge in [-0.25, -0.2) is 0 Å². The minimum absolute atomic E-state index is 0.179. The Bertz CT molecular complexity index is 656. The van der Waals surface area contributed by atoms with Crippen LogP contribution in [-0.2, 0) is 0 Å². The van der Waals surface area contributed by atoms with Crippen molar-refractivity contribution < 1.29 is 9.47 Å². The molecule has 3 rings (SSSR count). The Morgan fingerprint density at radius 1 is 1.13 bits per heavy atom. The van der Waals surface area contributed by atoms with E-state index in [-0.39, 0.29) is 6.04 Å². The number of para-hydroxylation sites is 1. The summed E-state index contributed by atoms with van der Waals surface area (Å²) in [5.41, 5.74) is 1.16. The van der Waals surface area contributed by atoms with Crippen molar-refractivity contribution in [2.45, 2.75) is 6.04 Å². The van der Waals surface area contributed by atoms with Crippen molar-refractivity contribution in [1.29, 1.82) is 0 Å². The second kappa shape index (κ2) is 7.66. The fourth-order valence-corrected chi connectivity index (χ4v) is 4.65. The van der Waals surface area contributed by atoms with Gasteiger partial charge in [0.1, 0.15) is 0 Å². The highest BCUT2D eigenvalue weighted by molar-refractivity contribution is 9.11. The Morgan fingerprint density at radius 3 is 2.52 bits per heavy atom. The van der Waals surface area contributed by atoms with Crippen LogP contribution in [0.2, 0.25) is 0 Å². The summed E-state index contributed by atoms with van der Waals surface area (Å²) in [7, 11) is 3.39. The van der Waals surface area contributed by atoms with Crippen LogP contribution >= 0.6 is 27.3 Å². The van der Waals surface area contributed by atoms with Gasteiger partial charge >= 0.3 is 0 Å². The lowest BCUT2D eigenvalue weighted by molar-refractivity contribution is 0.197. The molecule has 124 valence electrons. The molecule has 0 aliphatic carbocycles. The van der Waals surface area contributed by atoms with E-state index in [1.54, 1.807) is 25.6 Å². The molecule has 2 aromatic rings. The molecule has 1 aliphatic rings. The molecule has 4 nitrogen and oxygen atoms in total. The van der Waals surface area contributed by atoms with Crippen molar-refractivity contribution >= 4 is 27.3 Å². The summed E-state index contributed by atoms with van der Waals surface area (Å²) in [5, 5.41) is 3.43. The van der Waals surface area contributed by atoms with Crippen LogP contribution in [0.4, 0.5) is 0 Å². The van der Waals surface area contributed by atoms with Crippen molar-refractivity contribution in [2.24, 2.45) is 0 Å². The highest BCUT2D eigenvalue weighted by atomic mass is 79.9. The van der Waals surface area contributed by atoms with Gasteiger partial charge in [0.25, 0.3) is 0 Å². The van der Waals surface area contributed by atoms with Crippen molar-refractivity contribution in [2.75, 3.05) is 40.4 Å². The van der Waals surface area contributed by atoms with E-state index in [4.69, 9.17) is 9.47 Å². The number of ether oxygens (including phenoxy) is 2. The van der Waals surface area contributed by atoms with Gasteiger partial charge in [-0.05, 0) is 34.1 Å². The number of hydrogen-bond acceptors (Lipinski definition) is 5. The van der Waals surface area contributed by atoms with E-state index in [1.165, 1.54) is 4.88 Å². The van der Waals surface area contributed by atoms with Crippen LogP contribution in [0.5, 0.6) is 11.5 Å². The molecule has 0 spiro atoms. The predicted molar refractivity (Wildman–Crippen MR) is 97.9 cm³/mol. The number of benzene rings is 1. The Balaban J connectivity index is 2.08. The van der Waals surface area contributed by atoms with Crippen LogP contribution in [0.1, 0.15) is 16.5 Å². The zero-order chi connectivity index (χ0) is 16.2. The second-order valence-electron chi connectivity index (χ2n) is 5.41. The monoisotopic (exact) mass is 396 g/mol. The Morgan fingerprint density at radius 2 is 1.91 bits per heavy atom. The summed E-state index contributed by atoms with van der Waals surface area (Å²) in [6, 6.07) is 10.6. The standard InChI is InChI=1S/C17H21BrN2O2S/c1-21-13-5-3-4-12(17(13)22-2)16(14-6-7-15(18)23-14)20-10-8-19-9-11-20/h3-7,16,19H,8-11H2,1-2H3. The van der Waals surface area contributed by atoms with Crippen LogP contribution in [0.3, 0.4) is 0 Å². The minimum Gasteiger partial charge on any atom is -0.493 e. The van der Waals surface area contributed by atoms with E-state index in [0.29, 0.717) is 0 Å². The maximum Gasteiger partial charge on any atom is 0.165 e. The molecule has 1 aromatic heterocycles. The highest BCUT2D eigenvalue weighted by Crippen LogP contribution is 2.42. The third kappa shape index (κ3) is 3.55. The summed E-state index contributed by atoms with van der Waals surface area (Å²) >= 11 is 5.37. The topological polar surface area (TPSA) is 33.7 Å². The lowest BCUT2D eigenvalue weighted by Gasteiger charge is -2.35. The smallest absolute Gasteiger partial charge is 0.165 e. The maximum absolute atomic E-state index is 5.69. The SMILES string of the molecule is COc1cccc(C(c2ccc(Br)s2)N2CCNCC2)c1OC. The van der Waals surface area contributed by atoms with E-state index in [9.17, 15) is 0 Å². The van der Waals surface area contributed by atoms with Gasteiger partial charge in [0.2, 0.25) is 0 Å². The molecule has 0 radical (unpaired) electrons. The fourth-order valence-electron chi connectivity index (χ4n) is 3.07. The highest BCUT2D eigenvalue weighted by Gasteiger charge is 2.28. The average Bonchev–Trinajstić information content (AvgIpc) is 3.01. The van der Waals surface area contributed by atoms with Gasteiger partial charge in [-0.3, -0.25) is 4.90 Å². The normalized spacial score (nSPS) is 17.0. The van der Waals surface area contributed by atoms with Crippen molar-refractivity contribution in [1.82, 2.24) is 10.2 Å². The Kier molecular flexibility index (Phi) is 5.58. The first-order valence-corrected chi connectivity index (χ1v) is 9.26. The molecular formula is C17H21BrN2O2S. The number of hydrogen-bond donors (Lipinski definition) is 1. The third-order valence-corrected chi connectivity index (χ3v) is 5.78. The van der Waals surface area contributed by atoms with Gasteiger partial charge in [0.05, 0.1) is 24.0 Å². The van der Waals surface area contributed by atoms with Crippen LogP contribution < -0.4 is 14.8 Å². The van der Waals surface area contributed by atoms with Crippen LogP contribution in [0.15, 0.2) is 34.1 Å². The number of thiophene rings is 1. The van der Waals surface area contributed by atoms with Crippen LogP contribution in [0.25, 0.3) is 0 Å². The molecule has 0 amide bonds. The number of methoxy groups -OCH3 is 2. The minimum atomic E-state index is 0.179. The van der Waals surface area contributed by atoms with E-state index in [2.05, 4.69) is 44.3 Å². The number of nitrogens with zero attached hydrogens (tertiary/aromatic N) is 1. The first-order chi connectivity index (χ1) is 11.2. The summed E-state index contributed by atoms with van der Waals surface area (Å²) in [5.74, 6) is 1.60. The summed E-state index contributed by atoms with van der Waals surface area (Å²) in [6.45, 7) is 4.05. The molecule has 23 heavy (non-hydrogen) atoms. The van der Waals surface area contributed by atoms with Gasteiger partial charge in [0.15, 0.2) is 11.5 Å². The first kappa shape index (κ1) is 16.8. The molecule has 1 saturated heterocycles. The second-order valence-corrected chi connectivity index (χ2v) is 7.91. The number of nitrogens with one attached hydrogen (secondary N) is 1. The number of halogens is 1. The van der Waals surface area contributed by atoms with E-state index in [1.807, 2.05) is 12.1 Å². The Labute approximate surface area is 149 Å².